The molecule has 0 bridgehead atoms. The summed E-state index contributed by atoms with van der Waals surface area (Å²) >= 11 is 0. The van der Waals surface area contributed by atoms with Gasteiger partial charge in [-0.2, -0.15) is 0 Å². The van der Waals surface area contributed by atoms with Crippen molar-refractivity contribution >= 4 is 35.8 Å². The molecule has 60 heavy (non-hydrogen) atoms. The molecule has 0 aliphatic heterocycles. The van der Waals surface area contributed by atoms with Crippen molar-refractivity contribution in [2.45, 2.75) is 85.8 Å². The predicted molar refractivity (Wildman–Crippen MR) is 217 cm³/mol. The Balaban J connectivity index is 0.000000357. The van der Waals surface area contributed by atoms with Crippen molar-refractivity contribution in [3.05, 3.63) is 93.1 Å². The molecule has 2 aromatic heterocycles. The number of carboxylic acid groups (broad SMARTS) is 1. The van der Waals surface area contributed by atoms with Crippen LogP contribution in [0, 0.1) is 39.3 Å². The highest BCUT2D eigenvalue weighted by Crippen LogP contribution is 2.19. The number of aryl methyl sites for hydroxylation is 6. The normalized spacial score (nSPS) is 11.4. The highest BCUT2D eigenvalue weighted by molar-refractivity contribution is 5.98. The largest absolute Gasteiger partial charge is 0.508 e. The third-order valence-electron chi connectivity index (χ3n) is 8.49. The number of aromatic nitrogens is 4. The zero-order valence-electron chi connectivity index (χ0n) is 34.8. The van der Waals surface area contributed by atoms with Gasteiger partial charge in [-0.15, -0.1) is 0 Å². The minimum absolute atomic E-state index is 0.00265. The molecule has 324 valence electrons. The highest BCUT2D eigenvalue weighted by atomic mass is 19.1. The fourth-order valence-corrected chi connectivity index (χ4v) is 5.76. The van der Waals surface area contributed by atoms with Crippen molar-refractivity contribution in [3.8, 4) is 11.5 Å². The molecule has 2 aromatic carbocycles. The van der Waals surface area contributed by atoms with Crippen LogP contribution in [-0.2, 0) is 27.1 Å². The van der Waals surface area contributed by atoms with Crippen molar-refractivity contribution in [2.75, 3.05) is 37.4 Å². The maximum atomic E-state index is 13.8. The number of phenols is 2. The Hall–Kier alpha value is -6.66. The number of nitrogens with one attached hydrogen (secondary N) is 4. The van der Waals surface area contributed by atoms with E-state index in [-0.39, 0.29) is 40.8 Å². The SMILES string of the molecule is COC(=O)[C@H](CNC(=O)OC(C)(C)C)NC(=O)c1c(C)nc(NCCCc2cc(O)ccc2F)nc1C.Cc1nc(NCCCc2cc(O)ccc2F)nc(C)c1C(=O)O. The molecule has 4 rings (SSSR count). The standard InChI is InChI=1S/C25H34FN5O6.C16H18FN3O3/c1-14-20(21(33)31-19(22(34)36-6)13-28-24(35)37-25(3,4)5)15(2)30-23(29-14)27-11-7-8-16-12-17(32)9-10-18(16)26;1-9-14(15(22)23)10(2)20-16(19-9)18-7-3-4-11-8-12(21)5-6-13(11)17/h9-10,12,19,32H,7-8,11,13H2,1-6H3,(H,28,35)(H,31,33)(H,27,29,30);5-6,8,21H,3-4,7H2,1-2H3,(H,22,23)(H,18,19,20)/t19-;/m0./s1. The number of carboxylic acids is 1. The predicted octanol–water partition coefficient (Wildman–Crippen LogP) is 5.46. The van der Waals surface area contributed by atoms with Gasteiger partial charge in [0, 0.05) is 13.1 Å². The summed E-state index contributed by atoms with van der Waals surface area (Å²) in [5.41, 5.74) is 1.94. The molecule has 19 heteroatoms. The summed E-state index contributed by atoms with van der Waals surface area (Å²) < 4.78 is 37.2. The minimum Gasteiger partial charge on any atom is -0.508 e. The number of hydrogen-bond acceptors (Lipinski definition) is 14. The number of methoxy groups -OCH3 is 1. The van der Waals surface area contributed by atoms with E-state index in [1.165, 1.54) is 43.5 Å². The summed E-state index contributed by atoms with van der Waals surface area (Å²) in [6.45, 7) is 12.3. The van der Waals surface area contributed by atoms with E-state index < -0.39 is 35.6 Å². The molecule has 0 radical (unpaired) electrons. The van der Waals surface area contributed by atoms with E-state index in [0.717, 1.165) is 0 Å². The second-order valence-electron chi connectivity index (χ2n) is 14.5. The number of ether oxygens (including phenoxy) is 2. The number of carbonyl (C=O) groups is 4. The molecule has 0 fully saturated rings. The second-order valence-corrected chi connectivity index (χ2v) is 14.5. The number of aromatic hydroxyl groups is 2. The third kappa shape index (κ3) is 14.9. The van der Waals surface area contributed by atoms with Gasteiger partial charge in [-0.3, -0.25) is 4.79 Å². The van der Waals surface area contributed by atoms with Crippen LogP contribution in [-0.4, -0.2) is 97.6 Å². The average Bonchev–Trinajstić information content (AvgIpc) is 3.14. The number of benzene rings is 2. The fraction of sp³-hybridized carbons (Fsp3) is 0.415. The van der Waals surface area contributed by atoms with Crippen LogP contribution >= 0.6 is 0 Å². The van der Waals surface area contributed by atoms with Gasteiger partial charge in [0.2, 0.25) is 11.9 Å². The molecule has 7 N–H and O–H groups in total. The van der Waals surface area contributed by atoms with E-state index in [1.54, 1.807) is 48.5 Å². The van der Waals surface area contributed by atoms with Crippen molar-refractivity contribution in [1.29, 1.82) is 0 Å². The van der Waals surface area contributed by atoms with E-state index in [4.69, 9.17) is 14.6 Å². The first-order chi connectivity index (χ1) is 28.2. The van der Waals surface area contributed by atoms with Gasteiger partial charge < -0.3 is 46.1 Å². The van der Waals surface area contributed by atoms with E-state index in [9.17, 15) is 38.2 Å². The molecule has 0 aliphatic carbocycles. The van der Waals surface area contributed by atoms with Crippen LogP contribution in [0.4, 0.5) is 25.5 Å². The number of aromatic carboxylic acids is 1. The molecule has 0 aliphatic rings. The summed E-state index contributed by atoms with van der Waals surface area (Å²) in [7, 11) is 1.17. The number of amides is 2. The zero-order valence-corrected chi connectivity index (χ0v) is 34.8. The third-order valence-corrected chi connectivity index (χ3v) is 8.49. The van der Waals surface area contributed by atoms with Crippen molar-refractivity contribution in [1.82, 2.24) is 30.6 Å². The van der Waals surface area contributed by atoms with Crippen LogP contribution in [0.15, 0.2) is 36.4 Å². The van der Waals surface area contributed by atoms with Gasteiger partial charge in [0.05, 0.1) is 42.0 Å². The molecule has 0 saturated carbocycles. The van der Waals surface area contributed by atoms with Crippen molar-refractivity contribution < 1.29 is 52.8 Å². The van der Waals surface area contributed by atoms with Crippen LogP contribution in [0.3, 0.4) is 0 Å². The summed E-state index contributed by atoms with van der Waals surface area (Å²) in [6.07, 6.45) is 1.28. The summed E-state index contributed by atoms with van der Waals surface area (Å²) in [4.78, 5) is 65.0. The molecule has 4 aromatic rings. The average molecular weight is 839 g/mol. The first-order valence-electron chi connectivity index (χ1n) is 18.9. The fourth-order valence-electron chi connectivity index (χ4n) is 5.76. The quantitative estimate of drug-likeness (QED) is 0.0547. The van der Waals surface area contributed by atoms with Gasteiger partial charge >= 0.3 is 18.0 Å². The Morgan fingerprint density at radius 3 is 1.57 bits per heavy atom. The lowest BCUT2D eigenvalue weighted by molar-refractivity contribution is -0.142. The Kier molecular flexibility index (Phi) is 17.4. The van der Waals surface area contributed by atoms with E-state index in [2.05, 4.69) is 41.2 Å². The van der Waals surface area contributed by atoms with E-state index >= 15 is 0 Å². The number of phenolic OH excluding ortho intramolecular Hbond substituents is 2. The highest BCUT2D eigenvalue weighted by Gasteiger charge is 2.27. The van der Waals surface area contributed by atoms with Gasteiger partial charge in [-0.25, -0.2) is 43.1 Å². The molecule has 0 spiro atoms. The van der Waals surface area contributed by atoms with E-state index in [0.29, 0.717) is 84.6 Å². The van der Waals surface area contributed by atoms with Crippen molar-refractivity contribution in [3.63, 3.8) is 0 Å². The van der Waals surface area contributed by atoms with Crippen molar-refractivity contribution in [2.24, 2.45) is 0 Å². The first-order valence-corrected chi connectivity index (χ1v) is 18.9. The number of hydrogen-bond donors (Lipinski definition) is 7. The summed E-state index contributed by atoms with van der Waals surface area (Å²) in [5.74, 6) is -2.47. The Morgan fingerprint density at radius 1 is 0.733 bits per heavy atom. The molecule has 2 amide bonds. The number of halogens is 2. The molecule has 0 unspecified atom stereocenters. The monoisotopic (exact) mass is 838 g/mol. The molecule has 2 heterocycles. The maximum Gasteiger partial charge on any atom is 0.407 e. The lowest BCUT2D eigenvalue weighted by Gasteiger charge is -2.22. The first kappa shape index (κ1) is 47.7. The number of carbonyl (C=O) groups excluding carboxylic acids is 3. The van der Waals surface area contributed by atoms with Gasteiger partial charge in [0.1, 0.15) is 40.3 Å². The van der Waals surface area contributed by atoms with Gasteiger partial charge in [0.25, 0.3) is 5.91 Å². The maximum absolute atomic E-state index is 13.8. The van der Waals surface area contributed by atoms with E-state index in [1.807, 2.05) is 0 Å². The van der Waals surface area contributed by atoms with Gasteiger partial charge in [-0.05, 0) is 122 Å². The van der Waals surface area contributed by atoms with Crippen LogP contribution in [0.2, 0.25) is 0 Å². The topological polar surface area (TPSA) is 247 Å². The van der Waals surface area contributed by atoms with Crippen LogP contribution in [0.1, 0.15) is 88.2 Å². The number of nitrogens with zero attached hydrogens (tertiary/aromatic N) is 4. The molecular weight excluding hydrogens is 786 g/mol. The number of anilines is 2. The zero-order chi connectivity index (χ0) is 44.7. The molecule has 1 atom stereocenters. The van der Waals surface area contributed by atoms with Crippen LogP contribution in [0.5, 0.6) is 11.5 Å². The lowest BCUT2D eigenvalue weighted by Crippen LogP contribution is -2.50. The molecular formula is C41H52F2N8O9. The number of esters is 1. The lowest BCUT2D eigenvalue weighted by atomic mass is 10.1. The Labute approximate surface area is 346 Å². The van der Waals surface area contributed by atoms with Crippen LogP contribution < -0.4 is 21.3 Å². The Morgan fingerprint density at radius 2 is 1.17 bits per heavy atom. The number of alkyl carbamates (subject to hydrolysis) is 1. The molecule has 17 nitrogen and oxygen atoms in total. The number of rotatable bonds is 16. The second kappa shape index (κ2) is 21.9. The molecule has 0 saturated heterocycles. The van der Waals surface area contributed by atoms with Gasteiger partial charge in [0.15, 0.2) is 0 Å². The summed E-state index contributed by atoms with van der Waals surface area (Å²) in [5, 5.41) is 39.0. The summed E-state index contributed by atoms with van der Waals surface area (Å²) in [6, 6.07) is 6.67. The van der Waals surface area contributed by atoms with Crippen LogP contribution in [0.25, 0.3) is 0 Å². The minimum atomic E-state index is -1.17. The van der Waals surface area contributed by atoms with Gasteiger partial charge in [-0.1, -0.05) is 0 Å². The Bertz CT molecular complexity index is 2120. The smallest absolute Gasteiger partial charge is 0.407 e.